The fraction of sp³-hybridized carbons (Fsp3) is 0.353. The molecule has 0 bridgehead atoms. The molecule has 5 nitrogen and oxygen atoms in total. The number of carbonyl (C=O) groups excluding carboxylic acids is 1. The molecule has 0 aliphatic carbocycles. The summed E-state index contributed by atoms with van der Waals surface area (Å²) in [5.41, 5.74) is 1.99. The lowest BCUT2D eigenvalue weighted by Gasteiger charge is -2.11. The maximum Gasteiger partial charge on any atom is 0.273 e. The van der Waals surface area contributed by atoms with Gasteiger partial charge in [0.25, 0.3) is 5.91 Å². The van der Waals surface area contributed by atoms with Gasteiger partial charge in [0.2, 0.25) is 0 Å². The maximum absolute atomic E-state index is 12.3. The predicted octanol–water partition coefficient (Wildman–Crippen LogP) is 3.11. The van der Waals surface area contributed by atoms with Gasteiger partial charge in [0.05, 0.1) is 11.9 Å². The average Bonchev–Trinajstić information content (AvgIpc) is 2.58. The number of benzene rings is 1. The minimum absolute atomic E-state index is 0.189. The molecule has 0 fully saturated rings. The summed E-state index contributed by atoms with van der Waals surface area (Å²) in [7, 11) is 0. The van der Waals surface area contributed by atoms with Crippen molar-refractivity contribution in [3.05, 3.63) is 42.2 Å². The number of hydrogen-bond donors (Lipinski definition) is 2. The fourth-order valence-corrected chi connectivity index (χ4v) is 1.99. The van der Waals surface area contributed by atoms with Gasteiger partial charge in [-0.3, -0.25) is 4.79 Å². The van der Waals surface area contributed by atoms with E-state index < -0.39 is 0 Å². The van der Waals surface area contributed by atoms with Crippen molar-refractivity contribution in [1.82, 2.24) is 15.3 Å². The predicted molar refractivity (Wildman–Crippen MR) is 88.9 cm³/mol. The number of carbonyl (C=O) groups is 1. The van der Waals surface area contributed by atoms with Gasteiger partial charge in [-0.2, -0.15) is 0 Å². The third-order valence-corrected chi connectivity index (χ3v) is 3.14. The summed E-state index contributed by atoms with van der Waals surface area (Å²) in [5, 5.41) is 6.03. The highest BCUT2D eigenvalue weighted by Crippen LogP contribution is 2.19. The second-order valence-electron chi connectivity index (χ2n) is 5.00. The minimum atomic E-state index is -0.189. The van der Waals surface area contributed by atoms with E-state index in [1.54, 1.807) is 6.20 Å². The van der Waals surface area contributed by atoms with Crippen LogP contribution in [-0.2, 0) is 0 Å². The highest BCUT2D eigenvalue weighted by atomic mass is 16.1. The van der Waals surface area contributed by atoms with Crippen LogP contribution in [-0.4, -0.2) is 29.0 Å². The zero-order valence-electron chi connectivity index (χ0n) is 13.1. The Morgan fingerprint density at radius 1 is 1.09 bits per heavy atom. The SMILES string of the molecule is CCCNC(=O)c1nc(-c2ccccc2)cnc1NCCC. The molecule has 0 aliphatic heterocycles. The zero-order chi connectivity index (χ0) is 15.8. The number of hydrogen-bond acceptors (Lipinski definition) is 4. The molecule has 0 atom stereocenters. The molecule has 1 aromatic carbocycles. The van der Waals surface area contributed by atoms with E-state index in [9.17, 15) is 4.79 Å². The highest BCUT2D eigenvalue weighted by Gasteiger charge is 2.15. The van der Waals surface area contributed by atoms with Crippen LogP contribution in [0.1, 0.15) is 37.2 Å². The Labute approximate surface area is 131 Å². The van der Waals surface area contributed by atoms with E-state index >= 15 is 0 Å². The molecule has 0 radical (unpaired) electrons. The van der Waals surface area contributed by atoms with E-state index in [1.165, 1.54) is 0 Å². The molecule has 2 aromatic rings. The quantitative estimate of drug-likeness (QED) is 0.824. The van der Waals surface area contributed by atoms with Gasteiger partial charge in [-0.15, -0.1) is 0 Å². The van der Waals surface area contributed by atoms with Crippen molar-refractivity contribution in [2.45, 2.75) is 26.7 Å². The summed E-state index contributed by atoms with van der Waals surface area (Å²) in [6, 6.07) is 9.74. The normalized spacial score (nSPS) is 10.3. The van der Waals surface area contributed by atoms with E-state index in [0.717, 1.165) is 24.9 Å². The molecule has 0 saturated heterocycles. The van der Waals surface area contributed by atoms with Crippen LogP contribution in [0.4, 0.5) is 5.82 Å². The number of amides is 1. The van der Waals surface area contributed by atoms with E-state index in [1.807, 2.05) is 37.3 Å². The van der Waals surface area contributed by atoms with Crippen LogP contribution in [0.15, 0.2) is 36.5 Å². The Balaban J connectivity index is 2.34. The Hall–Kier alpha value is -2.43. The third-order valence-electron chi connectivity index (χ3n) is 3.14. The fourth-order valence-electron chi connectivity index (χ4n) is 1.99. The van der Waals surface area contributed by atoms with E-state index in [2.05, 4.69) is 27.5 Å². The van der Waals surface area contributed by atoms with Gasteiger partial charge in [-0.1, -0.05) is 44.2 Å². The standard InChI is InChI=1S/C17H22N4O/c1-3-10-18-16-15(17(22)19-11-4-2)21-14(12-20-16)13-8-6-5-7-9-13/h5-9,12H,3-4,10-11H2,1-2H3,(H,18,20)(H,19,22). The summed E-state index contributed by atoms with van der Waals surface area (Å²) >= 11 is 0. The van der Waals surface area contributed by atoms with Gasteiger partial charge in [-0.25, -0.2) is 9.97 Å². The molecule has 1 aromatic heterocycles. The molecule has 2 rings (SSSR count). The lowest BCUT2D eigenvalue weighted by Crippen LogP contribution is -2.26. The second-order valence-corrected chi connectivity index (χ2v) is 5.00. The van der Waals surface area contributed by atoms with Crippen molar-refractivity contribution in [2.24, 2.45) is 0 Å². The molecule has 116 valence electrons. The van der Waals surface area contributed by atoms with Crippen molar-refractivity contribution in [3.63, 3.8) is 0 Å². The average molecular weight is 298 g/mol. The van der Waals surface area contributed by atoms with E-state index in [0.29, 0.717) is 23.8 Å². The number of aromatic nitrogens is 2. The van der Waals surface area contributed by atoms with Gasteiger partial charge in [0.15, 0.2) is 11.5 Å². The number of nitrogens with zero attached hydrogens (tertiary/aromatic N) is 2. The molecule has 1 amide bonds. The van der Waals surface area contributed by atoms with Gasteiger partial charge in [0.1, 0.15) is 0 Å². The summed E-state index contributed by atoms with van der Waals surface area (Å²) in [4.78, 5) is 21.2. The molecular formula is C17H22N4O. The van der Waals surface area contributed by atoms with Crippen LogP contribution in [0.5, 0.6) is 0 Å². The van der Waals surface area contributed by atoms with Crippen LogP contribution < -0.4 is 10.6 Å². The first-order valence-corrected chi connectivity index (χ1v) is 7.70. The molecule has 1 heterocycles. The summed E-state index contributed by atoms with van der Waals surface area (Å²) in [5.74, 6) is 0.348. The van der Waals surface area contributed by atoms with Gasteiger partial charge in [-0.05, 0) is 12.8 Å². The monoisotopic (exact) mass is 298 g/mol. The molecule has 5 heteroatoms. The van der Waals surface area contributed by atoms with E-state index in [-0.39, 0.29) is 5.91 Å². The molecular weight excluding hydrogens is 276 g/mol. The molecule has 22 heavy (non-hydrogen) atoms. The first kappa shape index (κ1) is 15.9. The smallest absolute Gasteiger partial charge is 0.273 e. The van der Waals surface area contributed by atoms with Crippen LogP contribution >= 0.6 is 0 Å². The van der Waals surface area contributed by atoms with Crippen molar-refractivity contribution in [1.29, 1.82) is 0 Å². The Kier molecular flexibility index (Phi) is 5.89. The van der Waals surface area contributed by atoms with Gasteiger partial charge >= 0.3 is 0 Å². The van der Waals surface area contributed by atoms with Crippen molar-refractivity contribution in [3.8, 4) is 11.3 Å². The van der Waals surface area contributed by atoms with Crippen LogP contribution in [0, 0.1) is 0 Å². The van der Waals surface area contributed by atoms with Crippen LogP contribution in [0.25, 0.3) is 11.3 Å². The molecule has 0 spiro atoms. The maximum atomic E-state index is 12.3. The Bertz CT molecular complexity index is 613. The largest absolute Gasteiger partial charge is 0.368 e. The first-order valence-electron chi connectivity index (χ1n) is 7.70. The van der Waals surface area contributed by atoms with E-state index in [4.69, 9.17) is 0 Å². The second kappa shape index (κ2) is 8.12. The van der Waals surface area contributed by atoms with Crippen LogP contribution in [0.3, 0.4) is 0 Å². The lowest BCUT2D eigenvalue weighted by molar-refractivity contribution is 0.0949. The van der Waals surface area contributed by atoms with Gasteiger partial charge < -0.3 is 10.6 Å². The topological polar surface area (TPSA) is 66.9 Å². The summed E-state index contributed by atoms with van der Waals surface area (Å²) < 4.78 is 0. The van der Waals surface area contributed by atoms with Crippen LogP contribution in [0.2, 0.25) is 0 Å². The Morgan fingerprint density at radius 3 is 2.50 bits per heavy atom. The summed E-state index contributed by atoms with van der Waals surface area (Å²) in [6.07, 6.45) is 3.54. The molecule has 0 saturated carbocycles. The van der Waals surface area contributed by atoms with Crippen molar-refractivity contribution in [2.75, 3.05) is 18.4 Å². The lowest BCUT2D eigenvalue weighted by atomic mass is 10.1. The number of anilines is 1. The molecule has 0 unspecified atom stereocenters. The first-order chi connectivity index (χ1) is 10.8. The zero-order valence-corrected chi connectivity index (χ0v) is 13.1. The number of rotatable bonds is 7. The highest BCUT2D eigenvalue weighted by molar-refractivity contribution is 5.97. The third kappa shape index (κ3) is 4.04. The molecule has 0 aliphatic rings. The number of nitrogens with one attached hydrogen (secondary N) is 2. The molecule has 2 N–H and O–H groups in total. The minimum Gasteiger partial charge on any atom is -0.368 e. The van der Waals surface area contributed by atoms with Gasteiger partial charge in [0, 0.05) is 18.7 Å². The summed E-state index contributed by atoms with van der Waals surface area (Å²) in [6.45, 7) is 5.47. The Morgan fingerprint density at radius 2 is 1.82 bits per heavy atom. The van der Waals surface area contributed by atoms with Crippen molar-refractivity contribution >= 4 is 11.7 Å². The van der Waals surface area contributed by atoms with Crippen molar-refractivity contribution < 1.29 is 4.79 Å².